The molecule has 0 amide bonds. The molecule has 4 heteroatoms. The van der Waals surface area contributed by atoms with Gasteiger partial charge in [0.1, 0.15) is 11.5 Å². The van der Waals surface area contributed by atoms with Crippen LogP contribution in [0.5, 0.6) is 11.5 Å². The van der Waals surface area contributed by atoms with Gasteiger partial charge >= 0.3 is 0 Å². The Hall–Kier alpha value is -2.62. The summed E-state index contributed by atoms with van der Waals surface area (Å²) in [5, 5.41) is 3.10. The van der Waals surface area contributed by atoms with Gasteiger partial charge in [0.15, 0.2) is 0 Å². The number of nitrogens with two attached hydrogens (primary N) is 1. The predicted octanol–water partition coefficient (Wildman–Crippen LogP) is 4.07. The normalized spacial score (nSPS) is 11.4. The monoisotopic (exact) mass is 298 g/mol. The van der Waals surface area contributed by atoms with E-state index in [1.165, 1.54) is 0 Å². The van der Waals surface area contributed by atoms with E-state index in [0.717, 1.165) is 22.7 Å². The highest BCUT2D eigenvalue weighted by molar-refractivity contribution is 5.46. The molecular formula is C18H22N2O2. The fraction of sp³-hybridized carbons (Fsp3) is 0.222. The zero-order valence-corrected chi connectivity index (χ0v) is 13.2. The Kier molecular flexibility index (Phi) is 5.31. The van der Waals surface area contributed by atoms with Gasteiger partial charge in [-0.15, -0.1) is 0 Å². The summed E-state index contributed by atoms with van der Waals surface area (Å²) in [4.78, 5) is 0. The third kappa shape index (κ3) is 4.19. The van der Waals surface area contributed by atoms with Crippen molar-refractivity contribution in [2.24, 2.45) is 5.73 Å². The molecule has 116 valence electrons. The average molecular weight is 298 g/mol. The summed E-state index contributed by atoms with van der Waals surface area (Å²) in [7, 11) is 1.65. The van der Waals surface area contributed by atoms with Crippen LogP contribution in [0.4, 0.5) is 5.69 Å². The molecule has 0 atom stereocenters. The van der Waals surface area contributed by atoms with E-state index in [1.807, 2.05) is 48.5 Å². The highest BCUT2D eigenvalue weighted by Crippen LogP contribution is 2.31. The number of anilines is 1. The van der Waals surface area contributed by atoms with Crippen molar-refractivity contribution < 1.29 is 9.47 Å². The van der Waals surface area contributed by atoms with Gasteiger partial charge < -0.3 is 20.5 Å². The molecule has 0 aromatic heterocycles. The fourth-order valence-corrected chi connectivity index (χ4v) is 2.04. The van der Waals surface area contributed by atoms with Crippen LogP contribution in [0.1, 0.15) is 25.3 Å². The average Bonchev–Trinajstić information content (AvgIpc) is 2.54. The maximum Gasteiger partial charge on any atom is 0.207 e. The van der Waals surface area contributed by atoms with Gasteiger partial charge in [-0.25, -0.2) is 0 Å². The van der Waals surface area contributed by atoms with Gasteiger partial charge in [-0.05, 0) is 36.2 Å². The summed E-state index contributed by atoms with van der Waals surface area (Å²) >= 11 is 0. The summed E-state index contributed by atoms with van der Waals surface area (Å²) in [5.41, 5.74) is 7.94. The van der Waals surface area contributed by atoms with Crippen molar-refractivity contribution in [3.63, 3.8) is 0 Å². The minimum absolute atomic E-state index is 0.302. The van der Waals surface area contributed by atoms with E-state index in [4.69, 9.17) is 15.2 Å². The van der Waals surface area contributed by atoms with Gasteiger partial charge in [0.2, 0.25) is 5.88 Å². The molecule has 0 saturated heterocycles. The van der Waals surface area contributed by atoms with Crippen LogP contribution in [-0.2, 0) is 0 Å². The standard InChI is InChI=1S/C18H22N2O2/c1-13(2)16-11-15(21-3)9-10-17(16)22-18(19)12-20-14-7-5-4-6-8-14/h4-13,20H,19H2,1-3H3/b18-12+. The molecule has 0 bridgehead atoms. The Morgan fingerprint density at radius 1 is 1.14 bits per heavy atom. The first-order chi connectivity index (χ1) is 10.6. The second-order valence-electron chi connectivity index (χ2n) is 5.22. The molecule has 0 aliphatic heterocycles. The lowest BCUT2D eigenvalue weighted by atomic mass is 10.0. The lowest BCUT2D eigenvalue weighted by Gasteiger charge is -2.15. The van der Waals surface area contributed by atoms with Gasteiger partial charge in [-0.2, -0.15) is 0 Å². The Morgan fingerprint density at radius 2 is 1.86 bits per heavy atom. The number of hydrogen-bond donors (Lipinski definition) is 2. The molecule has 0 spiro atoms. The van der Waals surface area contributed by atoms with E-state index in [-0.39, 0.29) is 0 Å². The molecule has 0 aliphatic rings. The van der Waals surface area contributed by atoms with E-state index < -0.39 is 0 Å². The molecule has 0 heterocycles. The SMILES string of the molecule is COc1ccc(O/C(N)=C/Nc2ccccc2)c(C(C)C)c1. The van der Waals surface area contributed by atoms with Gasteiger partial charge in [0.05, 0.1) is 13.3 Å². The van der Waals surface area contributed by atoms with Crippen LogP contribution in [0.3, 0.4) is 0 Å². The van der Waals surface area contributed by atoms with Crippen LogP contribution in [0.2, 0.25) is 0 Å². The van der Waals surface area contributed by atoms with Crippen molar-refractivity contribution in [1.82, 2.24) is 0 Å². The van der Waals surface area contributed by atoms with Crippen LogP contribution >= 0.6 is 0 Å². The topological polar surface area (TPSA) is 56.5 Å². The highest BCUT2D eigenvalue weighted by atomic mass is 16.5. The number of nitrogens with one attached hydrogen (secondary N) is 1. The molecular weight excluding hydrogens is 276 g/mol. The second kappa shape index (κ2) is 7.41. The van der Waals surface area contributed by atoms with Crippen molar-refractivity contribution in [3.05, 3.63) is 66.2 Å². The minimum atomic E-state index is 0.302. The molecule has 0 radical (unpaired) electrons. The van der Waals surface area contributed by atoms with Gasteiger partial charge in [0, 0.05) is 11.3 Å². The smallest absolute Gasteiger partial charge is 0.207 e. The first-order valence-corrected chi connectivity index (χ1v) is 7.23. The first-order valence-electron chi connectivity index (χ1n) is 7.23. The van der Waals surface area contributed by atoms with Crippen molar-refractivity contribution in [1.29, 1.82) is 0 Å². The molecule has 0 saturated carbocycles. The van der Waals surface area contributed by atoms with E-state index >= 15 is 0 Å². The second-order valence-corrected chi connectivity index (χ2v) is 5.22. The number of benzene rings is 2. The summed E-state index contributed by atoms with van der Waals surface area (Å²) in [5.74, 6) is 2.15. The number of methoxy groups -OCH3 is 1. The molecule has 0 fully saturated rings. The van der Waals surface area contributed by atoms with Crippen LogP contribution in [0.15, 0.2) is 60.6 Å². The quantitative estimate of drug-likeness (QED) is 0.789. The van der Waals surface area contributed by atoms with Crippen LogP contribution < -0.4 is 20.5 Å². The molecule has 22 heavy (non-hydrogen) atoms. The summed E-state index contributed by atoms with van der Waals surface area (Å²) < 4.78 is 11.0. The zero-order chi connectivity index (χ0) is 15.9. The Bertz CT molecular complexity index is 637. The number of ether oxygens (including phenoxy) is 2. The van der Waals surface area contributed by atoms with Gasteiger partial charge in [-0.1, -0.05) is 32.0 Å². The number of rotatable bonds is 6. The highest BCUT2D eigenvalue weighted by Gasteiger charge is 2.10. The summed E-state index contributed by atoms with van der Waals surface area (Å²) in [6.45, 7) is 4.20. The molecule has 4 nitrogen and oxygen atoms in total. The van der Waals surface area contributed by atoms with Crippen LogP contribution in [0, 0.1) is 0 Å². The Labute approximate surface area is 131 Å². The maximum absolute atomic E-state index is 5.94. The van der Waals surface area contributed by atoms with Crippen molar-refractivity contribution in [2.75, 3.05) is 12.4 Å². The largest absolute Gasteiger partial charge is 0.497 e. The van der Waals surface area contributed by atoms with E-state index in [1.54, 1.807) is 13.3 Å². The van der Waals surface area contributed by atoms with Gasteiger partial charge in [-0.3, -0.25) is 0 Å². The molecule has 2 rings (SSSR count). The van der Waals surface area contributed by atoms with E-state index in [0.29, 0.717) is 11.8 Å². The number of para-hydroxylation sites is 1. The fourth-order valence-electron chi connectivity index (χ4n) is 2.04. The summed E-state index contributed by atoms with van der Waals surface area (Å²) in [6, 6.07) is 15.5. The number of hydrogen-bond acceptors (Lipinski definition) is 4. The van der Waals surface area contributed by atoms with Crippen molar-refractivity contribution in [2.45, 2.75) is 19.8 Å². The molecule has 2 aromatic rings. The molecule has 3 N–H and O–H groups in total. The third-order valence-corrected chi connectivity index (χ3v) is 3.22. The van der Waals surface area contributed by atoms with Crippen LogP contribution in [0.25, 0.3) is 0 Å². The Balaban J connectivity index is 2.12. The maximum atomic E-state index is 5.94. The van der Waals surface area contributed by atoms with Crippen molar-refractivity contribution in [3.8, 4) is 11.5 Å². The molecule has 0 aliphatic carbocycles. The van der Waals surface area contributed by atoms with Crippen LogP contribution in [-0.4, -0.2) is 7.11 Å². The van der Waals surface area contributed by atoms with E-state index in [2.05, 4.69) is 19.2 Å². The summed E-state index contributed by atoms with van der Waals surface area (Å²) in [6.07, 6.45) is 1.64. The van der Waals surface area contributed by atoms with Crippen molar-refractivity contribution >= 4 is 5.69 Å². The Morgan fingerprint density at radius 3 is 2.50 bits per heavy atom. The third-order valence-electron chi connectivity index (χ3n) is 3.22. The predicted molar refractivity (Wildman–Crippen MR) is 90.0 cm³/mol. The first kappa shape index (κ1) is 15.8. The van der Waals surface area contributed by atoms with E-state index in [9.17, 15) is 0 Å². The molecule has 2 aromatic carbocycles. The lowest BCUT2D eigenvalue weighted by molar-refractivity contribution is 0.399. The zero-order valence-electron chi connectivity index (χ0n) is 13.2. The van der Waals surface area contributed by atoms with Gasteiger partial charge in [0.25, 0.3) is 0 Å². The minimum Gasteiger partial charge on any atom is -0.497 e. The molecule has 0 unspecified atom stereocenters. The lowest BCUT2D eigenvalue weighted by Crippen LogP contribution is -2.10.